The summed E-state index contributed by atoms with van der Waals surface area (Å²) in [5.74, 6) is -0.187. The molecule has 0 aromatic carbocycles. The third-order valence-electron chi connectivity index (χ3n) is 1.95. The summed E-state index contributed by atoms with van der Waals surface area (Å²) in [6.45, 7) is 4.43. The highest BCUT2D eigenvalue weighted by Gasteiger charge is 2.21. The lowest BCUT2D eigenvalue weighted by Gasteiger charge is -2.21. The molecule has 0 bridgehead atoms. The Bertz CT molecular complexity index is 155. The zero-order valence-corrected chi connectivity index (χ0v) is 8.04. The molecule has 1 rings (SSSR count). The molecule has 0 amide bonds. The highest BCUT2D eigenvalue weighted by Crippen LogP contribution is 1.97. The van der Waals surface area contributed by atoms with Crippen molar-refractivity contribution in [3.63, 3.8) is 0 Å². The van der Waals surface area contributed by atoms with Gasteiger partial charge in [-0.3, -0.25) is 4.79 Å². The van der Waals surface area contributed by atoms with E-state index in [9.17, 15) is 4.79 Å². The summed E-state index contributed by atoms with van der Waals surface area (Å²) < 4.78 is 10.2. The average Bonchev–Trinajstić information content (AvgIpc) is 2.19. The van der Waals surface area contributed by atoms with Gasteiger partial charge in [0.05, 0.1) is 19.8 Å². The molecule has 0 radical (unpaired) electrons. The van der Waals surface area contributed by atoms with Crippen molar-refractivity contribution >= 4 is 5.97 Å². The Balaban J connectivity index is 2.13. The molecule has 1 N–H and O–H groups in total. The topological polar surface area (TPSA) is 47.6 Å². The molecule has 1 aliphatic rings. The van der Waals surface area contributed by atoms with E-state index < -0.39 is 0 Å². The van der Waals surface area contributed by atoms with Gasteiger partial charge in [-0.25, -0.2) is 0 Å². The molecule has 0 aromatic rings. The number of rotatable bonds is 4. The van der Waals surface area contributed by atoms with Crippen LogP contribution in [0.3, 0.4) is 0 Å². The van der Waals surface area contributed by atoms with Crippen LogP contribution in [0, 0.1) is 0 Å². The summed E-state index contributed by atoms with van der Waals surface area (Å²) in [4.78, 5) is 11.3. The maximum Gasteiger partial charge on any atom is 0.325 e. The molecule has 4 nitrogen and oxygen atoms in total. The lowest BCUT2D eigenvalue weighted by Crippen LogP contribution is -2.47. The second kappa shape index (κ2) is 5.94. The normalized spacial score (nSPS) is 22.7. The Kier molecular flexibility index (Phi) is 4.78. The van der Waals surface area contributed by atoms with E-state index in [1.165, 1.54) is 0 Å². The zero-order valence-electron chi connectivity index (χ0n) is 8.04. The lowest BCUT2D eigenvalue weighted by atomic mass is 10.3. The minimum absolute atomic E-state index is 0.187. The fourth-order valence-electron chi connectivity index (χ4n) is 1.13. The quantitative estimate of drug-likeness (QED) is 0.508. The van der Waals surface area contributed by atoms with Gasteiger partial charge < -0.3 is 14.8 Å². The van der Waals surface area contributed by atoms with Crippen LogP contribution in [0.4, 0.5) is 0 Å². The Hall–Kier alpha value is -0.610. The van der Waals surface area contributed by atoms with Gasteiger partial charge in [-0.1, -0.05) is 13.3 Å². The van der Waals surface area contributed by atoms with Gasteiger partial charge in [-0.15, -0.1) is 0 Å². The minimum atomic E-state index is -0.259. The predicted molar refractivity (Wildman–Crippen MR) is 48.5 cm³/mol. The van der Waals surface area contributed by atoms with E-state index in [-0.39, 0.29) is 12.0 Å². The molecule has 1 unspecified atom stereocenters. The summed E-state index contributed by atoms with van der Waals surface area (Å²) in [6, 6.07) is -0.259. The third-order valence-corrected chi connectivity index (χ3v) is 1.95. The number of hydrogen-bond donors (Lipinski definition) is 1. The van der Waals surface area contributed by atoms with Crippen LogP contribution in [0.1, 0.15) is 19.8 Å². The molecule has 0 spiro atoms. The van der Waals surface area contributed by atoms with Crippen LogP contribution in [0.25, 0.3) is 0 Å². The minimum Gasteiger partial charge on any atom is -0.464 e. The monoisotopic (exact) mass is 187 g/mol. The van der Waals surface area contributed by atoms with Gasteiger partial charge in [0, 0.05) is 6.54 Å². The van der Waals surface area contributed by atoms with Crippen molar-refractivity contribution in [2.45, 2.75) is 25.8 Å². The molecular weight excluding hydrogens is 170 g/mol. The van der Waals surface area contributed by atoms with Crippen molar-refractivity contribution < 1.29 is 14.3 Å². The Morgan fingerprint density at radius 2 is 2.54 bits per heavy atom. The summed E-state index contributed by atoms with van der Waals surface area (Å²) in [5.41, 5.74) is 0. The van der Waals surface area contributed by atoms with Gasteiger partial charge >= 0.3 is 5.97 Å². The molecule has 1 atom stereocenters. The van der Waals surface area contributed by atoms with Crippen LogP contribution in [0.15, 0.2) is 0 Å². The molecule has 1 aliphatic heterocycles. The first kappa shape index (κ1) is 10.5. The van der Waals surface area contributed by atoms with Crippen LogP contribution < -0.4 is 5.32 Å². The zero-order chi connectivity index (χ0) is 9.52. The van der Waals surface area contributed by atoms with Crippen LogP contribution in [0.2, 0.25) is 0 Å². The molecule has 1 fully saturated rings. The van der Waals surface area contributed by atoms with E-state index >= 15 is 0 Å². The highest BCUT2D eigenvalue weighted by atomic mass is 16.5. The van der Waals surface area contributed by atoms with Crippen LogP contribution in [-0.4, -0.2) is 38.4 Å². The first-order valence-corrected chi connectivity index (χ1v) is 4.82. The van der Waals surface area contributed by atoms with Crippen molar-refractivity contribution in [3.8, 4) is 0 Å². The fraction of sp³-hybridized carbons (Fsp3) is 0.889. The second-order valence-corrected chi connectivity index (χ2v) is 3.10. The molecular formula is C9H17NO3. The Morgan fingerprint density at radius 3 is 3.15 bits per heavy atom. The van der Waals surface area contributed by atoms with E-state index in [1.807, 2.05) is 0 Å². The third kappa shape index (κ3) is 3.74. The number of hydrogen-bond acceptors (Lipinski definition) is 4. The van der Waals surface area contributed by atoms with Crippen molar-refractivity contribution in [2.24, 2.45) is 0 Å². The van der Waals surface area contributed by atoms with E-state index in [1.54, 1.807) is 0 Å². The lowest BCUT2D eigenvalue weighted by molar-refractivity contribution is -0.149. The molecule has 0 aromatic heterocycles. The number of carbonyl (C=O) groups excluding carboxylic acids is 1. The number of morpholine rings is 1. The van der Waals surface area contributed by atoms with Crippen LogP contribution in [-0.2, 0) is 14.3 Å². The Morgan fingerprint density at radius 1 is 1.69 bits per heavy atom. The molecule has 76 valence electrons. The molecule has 0 aliphatic carbocycles. The van der Waals surface area contributed by atoms with Crippen molar-refractivity contribution in [1.29, 1.82) is 0 Å². The molecule has 1 saturated heterocycles. The standard InChI is InChI=1S/C9H17NO3/c1-2-3-5-13-9(11)8-7-12-6-4-10-8/h8,10H,2-7H2,1H3. The van der Waals surface area contributed by atoms with Gasteiger partial charge in [0.1, 0.15) is 6.04 Å². The van der Waals surface area contributed by atoms with E-state index in [0.29, 0.717) is 19.8 Å². The summed E-state index contributed by atoms with van der Waals surface area (Å²) >= 11 is 0. The molecule has 13 heavy (non-hydrogen) atoms. The molecule has 1 heterocycles. The van der Waals surface area contributed by atoms with E-state index in [4.69, 9.17) is 9.47 Å². The van der Waals surface area contributed by atoms with Crippen LogP contribution in [0.5, 0.6) is 0 Å². The number of carbonyl (C=O) groups is 1. The van der Waals surface area contributed by atoms with E-state index in [2.05, 4.69) is 12.2 Å². The van der Waals surface area contributed by atoms with Crippen molar-refractivity contribution in [1.82, 2.24) is 5.32 Å². The van der Waals surface area contributed by atoms with Crippen molar-refractivity contribution in [2.75, 3.05) is 26.4 Å². The molecule has 0 saturated carbocycles. The van der Waals surface area contributed by atoms with Gasteiger partial charge in [-0.2, -0.15) is 0 Å². The first-order chi connectivity index (χ1) is 6.34. The van der Waals surface area contributed by atoms with Crippen LogP contribution >= 0.6 is 0 Å². The smallest absolute Gasteiger partial charge is 0.325 e. The van der Waals surface area contributed by atoms with Gasteiger partial charge in [0.15, 0.2) is 0 Å². The summed E-state index contributed by atoms with van der Waals surface area (Å²) in [7, 11) is 0. The number of esters is 1. The van der Waals surface area contributed by atoms with Gasteiger partial charge in [0.25, 0.3) is 0 Å². The first-order valence-electron chi connectivity index (χ1n) is 4.82. The second-order valence-electron chi connectivity index (χ2n) is 3.10. The summed E-state index contributed by atoms with van der Waals surface area (Å²) in [6.07, 6.45) is 1.97. The SMILES string of the molecule is CCCCOC(=O)C1COCCN1. The average molecular weight is 187 g/mol. The summed E-state index contributed by atoms with van der Waals surface area (Å²) in [5, 5.41) is 3.05. The van der Waals surface area contributed by atoms with Gasteiger partial charge in [-0.05, 0) is 6.42 Å². The highest BCUT2D eigenvalue weighted by molar-refractivity contribution is 5.76. The van der Waals surface area contributed by atoms with Crippen molar-refractivity contribution in [3.05, 3.63) is 0 Å². The van der Waals surface area contributed by atoms with E-state index in [0.717, 1.165) is 19.4 Å². The van der Waals surface area contributed by atoms with Gasteiger partial charge in [0.2, 0.25) is 0 Å². The largest absolute Gasteiger partial charge is 0.464 e. The predicted octanol–water partition coefficient (Wildman–Crippen LogP) is 0.318. The number of unbranched alkanes of at least 4 members (excludes halogenated alkanes) is 1. The molecule has 4 heteroatoms. The maximum atomic E-state index is 11.3. The number of ether oxygens (including phenoxy) is 2. The number of nitrogens with one attached hydrogen (secondary N) is 1. The Labute approximate surface area is 78.6 Å². The maximum absolute atomic E-state index is 11.3. The fourth-order valence-corrected chi connectivity index (χ4v) is 1.13.